The minimum Gasteiger partial charge on any atom is -0.462 e. The van der Waals surface area contributed by atoms with Gasteiger partial charge in [0.05, 0.1) is 0 Å². The van der Waals surface area contributed by atoms with Crippen LogP contribution in [0.3, 0.4) is 0 Å². The van der Waals surface area contributed by atoms with Crippen molar-refractivity contribution in [3.63, 3.8) is 0 Å². The molecule has 0 N–H and O–H groups in total. The predicted molar refractivity (Wildman–Crippen MR) is 298 cm³/mol. The van der Waals surface area contributed by atoms with E-state index in [0.29, 0.717) is 19.3 Å². The van der Waals surface area contributed by atoms with Crippen molar-refractivity contribution in [2.45, 2.75) is 297 Å². The summed E-state index contributed by atoms with van der Waals surface area (Å²) in [5, 5.41) is 0. The minimum absolute atomic E-state index is 0.0860. The SMILES string of the molecule is CC/C=C\C/C=C\C/C=C\CCCCCCCC(=O)OC[C@H](COC(=O)CCCCCCCCCCCCCCCCCCCCCCC)OC(=O)CCCCCCC/C=C\C/C=C\C/C=C\CC. The average Bonchev–Trinajstić information content (AvgIpc) is 3.35. The summed E-state index contributed by atoms with van der Waals surface area (Å²) in [6.45, 7) is 6.42. The lowest BCUT2D eigenvalue weighted by atomic mass is 10.0. The van der Waals surface area contributed by atoms with E-state index in [4.69, 9.17) is 14.2 Å². The van der Waals surface area contributed by atoms with Crippen molar-refractivity contribution in [2.24, 2.45) is 0 Å². The number of hydrogen-bond acceptors (Lipinski definition) is 6. The second-order valence-corrected chi connectivity index (χ2v) is 19.5. The molecule has 0 rings (SSSR count). The first-order chi connectivity index (χ1) is 34.0. The first kappa shape index (κ1) is 65.8. The van der Waals surface area contributed by atoms with Gasteiger partial charge < -0.3 is 14.2 Å². The molecule has 0 bridgehead atoms. The number of rotatable bonds is 53. The lowest BCUT2D eigenvalue weighted by Crippen LogP contribution is -2.30. The van der Waals surface area contributed by atoms with Crippen molar-refractivity contribution in [3.8, 4) is 0 Å². The summed E-state index contributed by atoms with van der Waals surface area (Å²) < 4.78 is 16.9. The monoisotopic (exact) mass is 963 g/mol. The molecule has 0 amide bonds. The summed E-state index contributed by atoms with van der Waals surface area (Å²) in [4.78, 5) is 38.2. The van der Waals surface area contributed by atoms with Crippen molar-refractivity contribution in [1.82, 2.24) is 0 Å². The van der Waals surface area contributed by atoms with Crippen molar-refractivity contribution in [1.29, 1.82) is 0 Å². The van der Waals surface area contributed by atoms with E-state index in [2.05, 4.69) is 93.7 Å². The summed E-state index contributed by atoms with van der Waals surface area (Å²) in [5.41, 5.74) is 0. The zero-order valence-corrected chi connectivity index (χ0v) is 45.6. The van der Waals surface area contributed by atoms with Crippen molar-refractivity contribution >= 4 is 17.9 Å². The zero-order chi connectivity index (χ0) is 50.0. The quantitative estimate of drug-likeness (QED) is 0.0262. The molecule has 0 saturated heterocycles. The molecule has 0 heterocycles. The average molecular weight is 964 g/mol. The highest BCUT2D eigenvalue weighted by Gasteiger charge is 2.19. The van der Waals surface area contributed by atoms with Gasteiger partial charge in [-0.2, -0.15) is 0 Å². The molecule has 0 aromatic rings. The van der Waals surface area contributed by atoms with Gasteiger partial charge in [0.2, 0.25) is 0 Å². The first-order valence-electron chi connectivity index (χ1n) is 29.4. The third-order valence-corrected chi connectivity index (χ3v) is 12.7. The molecule has 0 saturated carbocycles. The second kappa shape index (κ2) is 57.4. The summed E-state index contributed by atoms with van der Waals surface area (Å²) in [6, 6.07) is 0. The van der Waals surface area contributed by atoms with Crippen LogP contribution in [-0.2, 0) is 28.6 Å². The van der Waals surface area contributed by atoms with Crippen LogP contribution in [0.1, 0.15) is 290 Å². The van der Waals surface area contributed by atoms with E-state index < -0.39 is 6.10 Å². The van der Waals surface area contributed by atoms with Gasteiger partial charge in [-0.3, -0.25) is 14.4 Å². The standard InChI is InChI=1S/C63H110O6/c1-4-7-10-13-16-19-22-25-28-29-30-31-32-33-36-38-41-44-47-50-53-56-62(65)68-59-60(69-63(66)57-54-51-48-45-42-39-35-27-24-21-18-15-12-9-6-3)58-67-61(64)55-52-49-46-43-40-37-34-26-23-20-17-14-11-8-5-2/h8-9,11-12,17-18,20-21,26-27,34-35,60H,4-7,10,13-16,19,22-25,28-33,36-59H2,1-3H3/b11-8-,12-9-,20-17-,21-18-,34-26-,35-27-/t60-/m1/s1. The summed E-state index contributed by atoms with van der Waals surface area (Å²) >= 11 is 0. The maximum Gasteiger partial charge on any atom is 0.306 e. The molecule has 6 nitrogen and oxygen atoms in total. The molecular weight excluding hydrogens is 853 g/mol. The number of hydrogen-bond donors (Lipinski definition) is 0. The summed E-state index contributed by atoms with van der Waals surface area (Å²) in [5.74, 6) is -0.910. The van der Waals surface area contributed by atoms with Crippen LogP contribution in [0, 0.1) is 0 Å². The molecule has 69 heavy (non-hydrogen) atoms. The third kappa shape index (κ3) is 55.6. The third-order valence-electron chi connectivity index (χ3n) is 12.7. The van der Waals surface area contributed by atoms with Gasteiger partial charge >= 0.3 is 17.9 Å². The smallest absolute Gasteiger partial charge is 0.306 e. The molecule has 0 aliphatic rings. The first-order valence-corrected chi connectivity index (χ1v) is 29.4. The fourth-order valence-corrected chi connectivity index (χ4v) is 8.36. The lowest BCUT2D eigenvalue weighted by Gasteiger charge is -2.18. The van der Waals surface area contributed by atoms with Gasteiger partial charge in [0.1, 0.15) is 13.2 Å². The van der Waals surface area contributed by atoms with E-state index in [1.54, 1.807) is 0 Å². The Hall–Kier alpha value is -3.15. The maximum atomic E-state index is 12.8. The second-order valence-electron chi connectivity index (χ2n) is 19.5. The molecule has 1 atom stereocenters. The van der Waals surface area contributed by atoms with Gasteiger partial charge in [-0.1, -0.05) is 261 Å². The van der Waals surface area contributed by atoms with Crippen LogP contribution in [0.4, 0.5) is 0 Å². The van der Waals surface area contributed by atoms with Gasteiger partial charge in [0.25, 0.3) is 0 Å². The molecule has 398 valence electrons. The molecule has 0 fully saturated rings. The number of ether oxygens (including phenoxy) is 3. The van der Waals surface area contributed by atoms with Crippen molar-refractivity contribution in [2.75, 3.05) is 13.2 Å². The normalized spacial score (nSPS) is 12.6. The predicted octanol–water partition coefficient (Wildman–Crippen LogP) is 19.8. The number of esters is 3. The molecule has 0 aromatic carbocycles. The molecule has 6 heteroatoms. The Morgan fingerprint density at radius 3 is 0.884 bits per heavy atom. The Labute approximate surface area is 427 Å². The van der Waals surface area contributed by atoms with E-state index in [1.807, 2.05) is 0 Å². The fraction of sp³-hybridized carbons (Fsp3) is 0.762. The van der Waals surface area contributed by atoms with E-state index in [0.717, 1.165) is 135 Å². The van der Waals surface area contributed by atoms with E-state index >= 15 is 0 Å². The largest absolute Gasteiger partial charge is 0.462 e. The minimum atomic E-state index is -0.791. The fourth-order valence-electron chi connectivity index (χ4n) is 8.36. The van der Waals surface area contributed by atoms with Gasteiger partial charge in [-0.25, -0.2) is 0 Å². The molecular formula is C63H110O6. The molecule has 0 spiro atoms. The Bertz CT molecular complexity index is 1290. The highest BCUT2D eigenvalue weighted by atomic mass is 16.6. The van der Waals surface area contributed by atoms with Crippen LogP contribution in [0.15, 0.2) is 72.9 Å². The number of allylic oxidation sites excluding steroid dienone is 12. The highest BCUT2D eigenvalue weighted by molar-refractivity contribution is 5.71. The molecule has 0 aliphatic heterocycles. The molecule has 0 aliphatic carbocycles. The van der Waals surface area contributed by atoms with Crippen LogP contribution in [0.2, 0.25) is 0 Å². The Morgan fingerprint density at radius 1 is 0.304 bits per heavy atom. The van der Waals surface area contributed by atoms with Gasteiger partial charge in [0, 0.05) is 19.3 Å². The van der Waals surface area contributed by atoms with Crippen molar-refractivity contribution < 1.29 is 28.6 Å². The Kier molecular flexibility index (Phi) is 54.8. The molecule has 0 unspecified atom stereocenters. The van der Waals surface area contributed by atoms with E-state index in [1.165, 1.54) is 116 Å². The number of carbonyl (C=O) groups is 3. The lowest BCUT2D eigenvalue weighted by molar-refractivity contribution is -0.167. The van der Waals surface area contributed by atoms with Gasteiger partial charge in [-0.15, -0.1) is 0 Å². The summed E-state index contributed by atoms with van der Waals surface area (Å²) in [6.07, 6.45) is 73.3. The van der Waals surface area contributed by atoms with E-state index in [9.17, 15) is 14.4 Å². The maximum absolute atomic E-state index is 12.8. The van der Waals surface area contributed by atoms with Crippen LogP contribution < -0.4 is 0 Å². The van der Waals surface area contributed by atoms with Crippen LogP contribution >= 0.6 is 0 Å². The van der Waals surface area contributed by atoms with Crippen LogP contribution in [-0.4, -0.2) is 37.2 Å². The topological polar surface area (TPSA) is 78.9 Å². The van der Waals surface area contributed by atoms with Gasteiger partial charge in [-0.05, 0) is 83.5 Å². The van der Waals surface area contributed by atoms with E-state index in [-0.39, 0.29) is 31.1 Å². The Balaban J connectivity index is 4.35. The zero-order valence-electron chi connectivity index (χ0n) is 45.6. The highest BCUT2D eigenvalue weighted by Crippen LogP contribution is 2.17. The van der Waals surface area contributed by atoms with Crippen LogP contribution in [0.5, 0.6) is 0 Å². The molecule has 0 radical (unpaired) electrons. The number of unbranched alkanes of at least 4 members (excludes halogenated alkanes) is 30. The molecule has 0 aromatic heterocycles. The summed E-state index contributed by atoms with van der Waals surface area (Å²) in [7, 11) is 0. The van der Waals surface area contributed by atoms with Gasteiger partial charge in [0.15, 0.2) is 6.10 Å². The Morgan fingerprint density at radius 2 is 0.565 bits per heavy atom. The van der Waals surface area contributed by atoms with Crippen LogP contribution in [0.25, 0.3) is 0 Å². The number of carbonyl (C=O) groups excluding carboxylic acids is 3. The van der Waals surface area contributed by atoms with Crippen molar-refractivity contribution in [3.05, 3.63) is 72.9 Å².